The lowest BCUT2D eigenvalue weighted by atomic mass is 10.0. The van der Waals surface area contributed by atoms with Gasteiger partial charge in [0, 0.05) is 22.0 Å². The van der Waals surface area contributed by atoms with E-state index < -0.39 is 6.10 Å². The first-order chi connectivity index (χ1) is 8.99. The largest absolute Gasteiger partial charge is 0.388 e. The van der Waals surface area contributed by atoms with Crippen LogP contribution in [0, 0.1) is 13.8 Å². The molecule has 2 aromatic rings. The molecule has 1 N–H and O–H groups in total. The SMILES string of the molecule is Cc1cc(C(O)Cc2c(Cl)cccc2Cl)c(C)nn1. The zero-order chi connectivity index (χ0) is 14.0. The van der Waals surface area contributed by atoms with E-state index in [-0.39, 0.29) is 0 Å². The molecule has 0 radical (unpaired) electrons. The van der Waals surface area contributed by atoms with Crippen molar-refractivity contribution in [2.45, 2.75) is 26.4 Å². The average Bonchev–Trinajstić information content (AvgIpc) is 2.37. The standard InChI is InChI=1S/C14H14Cl2N2O/c1-8-6-10(9(2)18-17-8)14(19)7-11-12(15)4-3-5-13(11)16/h3-6,14,19H,7H2,1-2H3. The first-order valence-corrected chi connectivity index (χ1v) is 6.66. The highest BCUT2D eigenvalue weighted by Gasteiger charge is 2.16. The summed E-state index contributed by atoms with van der Waals surface area (Å²) in [6.45, 7) is 3.66. The molecule has 5 heteroatoms. The molecule has 0 saturated carbocycles. The van der Waals surface area contributed by atoms with Crippen LogP contribution in [-0.2, 0) is 6.42 Å². The summed E-state index contributed by atoms with van der Waals surface area (Å²) >= 11 is 12.2. The Balaban J connectivity index is 2.31. The fourth-order valence-corrected chi connectivity index (χ4v) is 2.49. The molecule has 1 unspecified atom stereocenters. The number of aromatic nitrogens is 2. The summed E-state index contributed by atoms with van der Waals surface area (Å²) in [6, 6.07) is 7.14. The Morgan fingerprint density at radius 2 is 1.79 bits per heavy atom. The average molecular weight is 297 g/mol. The molecule has 0 fully saturated rings. The van der Waals surface area contributed by atoms with Gasteiger partial charge in [0.2, 0.25) is 0 Å². The molecule has 1 aromatic carbocycles. The number of hydrogen-bond donors (Lipinski definition) is 1. The third kappa shape index (κ3) is 3.24. The van der Waals surface area contributed by atoms with Gasteiger partial charge in [-0.15, -0.1) is 0 Å². The molecular formula is C14H14Cl2N2O. The van der Waals surface area contributed by atoms with Crippen LogP contribution in [-0.4, -0.2) is 15.3 Å². The van der Waals surface area contributed by atoms with Crippen LogP contribution in [0.2, 0.25) is 10.0 Å². The van der Waals surface area contributed by atoms with E-state index in [2.05, 4.69) is 10.2 Å². The fraction of sp³-hybridized carbons (Fsp3) is 0.286. The maximum absolute atomic E-state index is 10.3. The van der Waals surface area contributed by atoms with Crippen molar-refractivity contribution in [3.63, 3.8) is 0 Å². The number of nitrogens with zero attached hydrogens (tertiary/aromatic N) is 2. The lowest BCUT2D eigenvalue weighted by molar-refractivity contribution is 0.177. The number of hydrogen-bond acceptors (Lipinski definition) is 3. The molecule has 19 heavy (non-hydrogen) atoms. The van der Waals surface area contributed by atoms with Crippen molar-refractivity contribution >= 4 is 23.2 Å². The van der Waals surface area contributed by atoms with Gasteiger partial charge in [-0.3, -0.25) is 0 Å². The molecule has 0 spiro atoms. The molecule has 0 amide bonds. The second kappa shape index (κ2) is 5.87. The van der Waals surface area contributed by atoms with E-state index in [4.69, 9.17) is 23.2 Å². The molecule has 0 bridgehead atoms. The number of halogens is 2. The van der Waals surface area contributed by atoms with Crippen LogP contribution in [0.25, 0.3) is 0 Å². The smallest absolute Gasteiger partial charge is 0.0850 e. The Kier molecular flexibility index (Phi) is 4.40. The fourth-order valence-electron chi connectivity index (χ4n) is 1.94. The molecule has 1 heterocycles. The highest BCUT2D eigenvalue weighted by molar-refractivity contribution is 6.35. The second-order valence-electron chi connectivity index (χ2n) is 4.45. The van der Waals surface area contributed by atoms with Crippen molar-refractivity contribution in [1.29, 1.82) is 0 Å². The molecule has 1 aromatic heterocycles. The van der Waals surface area contributed by atoms with Gasteiger partial charge in [0.05, 0.1) is 17.5 Å². The van der Waals surface area contributed by atoms with E-state index in [0.29, 0.717) is 22.2 Å². The third-order valence-corrected chi connectivity index (χ3v) is 3.67. The lowest BCUT2D eigenvalue weighted by Gasteiger charge is -2.15. The summed E-state index contributed by atoms with van der Waals surface area (Å²) in [5.74, 6) is 0. The van der Waals surface area contributed by atoms with Gasteiger partial charge in [-0.1, -0.05) is 29.3 Å². The van der Waals surface area contributed by atoms with Crippen molar-refractivity contribution in [1.82, 2.24) is 10.2 Å². The van der Waals surface area contributed by atoms with E-state index in [0.717, 1.165) is 16.8 Å². The van der Waals surface area contributed by atoms with Gasteiger partial charge in [-0.05, 0) is 37.6 Å². The zero-order valence-corrected chi connectivity index (χ0v) is 12.2. The van der Waals surface area contributed by atoms with Crippen LogP contribution in [0.5, 0.6) is 0 Å². The zero-order valence-electron chi connectivity index (χ0n) is 10.7. The van der Waals surface area contributed by atoms with Crippen molar-refractivity contribution in [2.24, 2.45) is 0 Å². The maximum Gasteiger partial charge on any atom is 0.0850 e. The van der Waals surface area contributed by atoms with Crippen molar-refractivity contribution in [3.05, 3.63) is 56.8 Å². The van der Waals surface area contributed by atoms with Gasteiger partial charge < -0.3 is 5.11 Å². The Morgan fingerprint density at radius 1 is 1.16 bits per heavy atom. The highest BCUT2D eigenvalue weighted by Crippen LogP contribution is 2.29. The second-order valence-corrected chi connectivity index (χ2v) is 5.26. The minimum Gasteiger partial charge on any atom is -0.388 e. The quantitative estimate of drug-likeness (QED) is 0.940. The Bertz CT molecular complexity index is 582. The topological polar surface area (TPSA) is 46.0 Å². The van der Waals surface area contributed by atoms with Crippen molar-refractivity contribution in [2.75, 3.05) is 0 Å². The minimum atomic E-state index is -0.702. The van der Waals surface area contributed by atoms with E-state index in [1.165, 1.54) is 0 Å². The molecular weight excluding hydrogens is 283 g/mol. The lowest BCUT2D eigenvalue weighted by Crippen LogP contribution is -2.07. The number of aliphatic hydroxyl groups excluding tert-OH is 1. The number of aryl methyl sites for hydroxylation is 2. The molecule has 0 saturated heterocycles. The Hall–Kier alpha value is -1.16. The summed E-state index contributed by atoms with van der Waals surface area (Å²) < 4.78 is 0. The molecule has 2 rings (SSSR count). The molecule has 1 atom stereocenters. The summed E-state index contributed by atoms with van der Waals surface area (Å²) in [4.78, 5) is 0. The van der Waals surface area contributed by atoms with E-state index in [1.54, 1.807) is 18.2 Å². The Morgan fingerprint density at radius 3 is 2.42 bits per heavy atom. The van der Waals surface area contributed by atoms with Crippen LogP contribution in [0.3, 0.4) is 0 Å². The van der Waals surface area contributed by atoms with Crippen molar-refractivity contribution < 1.29 is 5.11 Å². The predicted molar refractivity (Wildman–Crippen MR) is 76.6 cm³/mol. The van der Waals surface area contributed by atoms with Crippen LogP contribution in [0.15, 0.2) is 24.3 Å². The molecule has 0 aliphatic carbocycles. The van der Waals surface area contributed by atoms with Gasteiger partial charge >= 0.3 is 0 Å². The van der Waals surface area contributed by atoms with Crippen LogP contribution < -0.4 is 0 Å². The number of rotatable bonds is 3. The van der Waals surface area contributed by atoms with Crippen LogP contribution in [0.4, 0.5) is 0 Å². The maximum atomic E-state index is 10.3. The predicted octanol–water partition coefficient (Wildman–Crippen LogP) is 3.68. The summed E-state index contributed by atoms with van der Waals surface area (Å²) in [5, 5.41) is 19.4. The highest BCUT2D eigenvalue weighted by atomic mass is 35.5. The van der Waals surface area contributed by atoms with Gasteiger partial charge in [0.25, 0.3) is 0 Å². The first kappa shape index (κ1) is 14.3. The monoisotopic (exact) mass is 296 g/mol. The van der Waals surface area contributed by atoms with Gasteiger partial charge in [-0.25, -0.2) is 0 Å². The van der Waals surface area contributed by atoms with Crippen LogP contribution in [0.1, 0.15) is 28.6 Å². The Labute approximate surface area is 122 Å². The third-order valence-electron chi connectivity index (χ3n) is 2.96. The normalized spacial score (nSPS) is 12.5. The molecule has 3 nitrogen and oxygen atoms in total. The summed E-state index contributed by atoms with van der Waals surface area (Å²) in [5.41, 5.74) is 2.97. The van der Waals surface area contributed by atoms with E-state index in [9.17, 15) is 5.11 Å². The van der Waals surface area contributed by atoms with Crippen LogP contribution >= 0.6 is 23.2 Å². The summed E-state index contributed by atoms with van der Waals surface area (Å²) in [7, 11) is 0. The minimum absolute atomic E-state index is 0.352. The van der Waals surface area contributed by atoms with E-state index >= 15 is 0 Å². The van der Waals surface area contributed by atoms with Crippen molar-refractivity contribution in [3.8, 4) is 0 Å². The van der Waals surface area contributed by atoms with Gasteiger partial charge in [0.15, 0.2) is 0 Å². The molecule has 0 aliphatic rings. The van der Waals surface area contributed by atoms with Gasteiger partial charge in [-0.2, -0.15) is 10.2 Å². The first-order valence-electron chi connectivity index (χ1n) is 5.91. The summed E-state index contributed by atoms with van der Waals surface area (Å²) in [6.07, 6.45) is -0.351. The number of benzene rings is 1. The number of aliphatic hydroxyl groups is 1. The molecule has 0 aliphatic heterocycles. The van der Waals surface area contributed by atoms with E-state index in [1.807, 2.05) is 19.9 Å². The molecule has 100 valence electrons. The van der Waals surface area contributed by atoms with Gasteiger partial charge in [0.1, 0.15) is 0 Å².